The van der Waals surface area contributed by atoms with Gasteiger partial charge in [-0.1, -0.05) is 24.6 Å². The van der Waals surface area contributed by atoms with Crippen LogP contribution < -0.4 is 0 Å². The maximum absolute atomic E-state index is 12.7. The van der Waals surface area contributed by atoms with E-state index in [4.69, 9.17) is 4.74 Å². The molecule has 0 bridgehead atoms. The summed E-state index contributed by atoms with van der Waals surface area (Å²) in [6, 6.07) is 11.9. The lowest BCUT2D eigenvalue weighted by Gasteiger charge is -2.06. The van der Waals surface area contributed by atoms with Crippen LogP contribution in [-0.2, 0) is 24.1 Å². The van der Waals surface area contributed by atoms with Crippen molar-refractivity contribution in [2.75, 3.05) is 6.61 Å². The summed E-state index contributed by atoms with van der Waals surface area (Å²) in [5, 5.41) is 8.81. The first kappa shape index (κ1) is 17.5. The molecule has 0 fully saturated rings. The highest BCUT2D eigenvalue weighted by Crippen LogP contribution is 2.26. The Bertz CT molecular complexity index is 885. The number of carbonyl (C=O) groups excluding carboxylic acids is 1. The minimum atomic E-state index is -0.316. The Hall–Kier alpha value is -2.89. The zero-order chi connectivity index (χ0) is 18.5. The van der Waals surface area contributed by atoms with Crippen molar-refractivity contribution in [3.8, 4) is 5.69 Å². The second-order valence-electron chi connectivity index (χ2n) is 6.84. The van der Waals surface area contributed by atoms with E-state index in [0.717, 1.165) is 55.6 Å². The third-order valence-electron chi connectivity index (χ3n) is 4.95. The summed E-state index contributed by atoms with van der Waals surface area (Å²) >= 11 is 0. The first-order valence-corrected chi connectivity index (χ1v) is 9.63. The zero-order valence-electron chi connectivity index (χ0n) is 15.4. The monoisotopic (exact) mass is 364 g/mol. The van der Waals surface area contributed by atoms with Crippen LogP contribution in [0.3, 0.4) is 0 Å². The number of aromatic nitrogens is 4. The first-order chi connectivity index (χ1) is 13.3. The van der Waals surface area contributed by atoms with Crippen LogP contribution in [-0.4, -0.2) is 32.1 Å². The van der Waals surface area contributed by atoms with Crippen molar-refractivity contribution in [2.45, 2.75) is 45.1 Å². The number of nitrogens with zero attached hydrogens (tertiary/aromatic N) is 4. The van der Waals surface area contributed by atoms with Gasteiger partial charge in [0.05, 0.1) is 12.3 Å². The standard InChI is InChI=1S/C21H24N4O2/c26-21(27-16-8-15-24-14-7-13-22-24)20-18-11-5-2-6-12-19(18)25(23-20)17-9-3-1-4-10-17/h1,3-4,7,9-10,13-14H,2,5-6,8,11-12,15-16H2. The third kappa shape index (κ3) is 3.94. The van der Waals surface area contributed by atoms with E-state index in [2.05, 4.69) is 10.2 Å². The lowest BCUT2D eigenvalue weighted by molar-refractivity contribution is 0.0486. The fourth-order valence-electron chi connectivity index (χ4n) is 3.61. The molecule has 0 unspecified atom stereocenters. The molecule has 0 amide bonds. The molecule has 0 aliphatic heterocycles. The fourth-order valence-corrected chi connectivity index (χ4v) is 3.61. The number of para-hydroxylation sites is 1. The Labute approximate surface area is 158 Å². The minimum Gasteiger partial charge on any atom is -0.461 e. The average molecular weight is 364 g/mol. The highest BCUT2D eigenvalue weighted by atomic mass is 16.5. The van der Waals surface area contributed by atoms with Crippen LogP contribution in [0.2, 0.25) is 0 Å². The van der Waals surface area contributed by atoms with Crippen LogP contribution in [0.5, 0.6) is 0 Å². The highest BCUT2D eigenvalue weighted by molar-refractivity contribution is 5.89. The van der Waals surface area contributed by atoms with Crippen LogP contribution in [0.25, 0.3) is 5.69 Å². The van der Waals surface area contributed by atoms with Crippen LogP contribution in [0.4, 0.5) is 0 Å². The van der Waals surface area contributed by atoms with E-state index in [1.54, 1.807) is 6.20 Å². The Morgan fingerprint density at radius 2 is 1.93 bits per heavy atom. The van der Waals surface area contributed by atoms with Gasteiger partial charge in [0.25, 0.3) is 0 Å². The molecule has 0 atom stereocenters. The molecule has 27 heavy (non-hydrogen) atoms. The van der Waals surface area contributed by atoms with Crippen molar-refractivity contribution in [1.29, 1.82) is 0 Å². The maximum Gasteiger partial charge on any atom is 0.359 e. The molecule has 0 saturated carbocycles. The van der Waals surface area contributed by atoms with Gasteiger partial charge in [0.1, 0.15) is 0 Å². The van der Waals surface area contributed by atoms with E-state index in [9.17, 15) is 4.79 Å². The molecule has 6 heteroatoms. The normalized spacial score (nSPS) is 13.8. The number of rotatable bonds is 6. The summed E-state index contributed by atoms with van der Waals surface area (Å²) < 4.78 is 9.30. The lowest BCUT2D eigenvalue weighted by atomic mass is 10.1. The van der Waals surface area contributed by atoms with Crippen molar-refractivity contribution in [1.82, 2.24) is 19.6 Å². The van der Waals surface area contributed by atoms with Gasteiger partial charge in [-0.15, -0.1) is 0 Å². The maximum atomic E-state index is 12.7. The first-order valence-electron chi connectivity index (χ1n) is 9.63. The minimum absolute atomic E-state index is 0.316. The number of benzene rings is 1. The van der Waals surface area contributed by atoms with Gasteiger partial charge < -0.3 is 4.74 Å². The average Bonchev–Trinajstić information content (AvgIpc) is 3.28. The summed E-state index contributed by atoms with van der Waals surface area (Å²) in [6.45, 7) is 1.10. The predicted molar refractivity (Wildman–Crippen MR) is 102 cm³/mol. The molecule has 0 spiro atoms. The zero-order valence-corrected chi connectivity index (χ0v) is 15.4. The second-order valence-corrected chi connectivity index (χ2v) is 6.84. The number of ether oxygens (including phenoxy) is 1. The van der Waals surface area contributed by atoms with Crippen LogP contribution in [0.15, 0.2) is 48.8 Å². The van der Waals surface area contributed by atoms with Gasteiger partial charge in [0, 0.05) is 36.6 Å². The third-order valence-corrected chi connectivity index (χ3v) is 4.95. The summed E-state index contributed by atoms with van der Waals surface area (Å²) in [4.78, 5) is 12.7. The quantitative estimate of drug-likeness (QED) is 0.381. The molecule has 2 heterocycles. The Morgan fingerprint density at radius 3 is 2.74 bits per heavy atom. The van der Waals surface area contributed by atoms with Gasteiger partial charge in [0.2, 0.25) is 0 Å². The molecule has 1 aliphatic carbocycles. The summed E-state index contributed by atoms with van der Waals surface area (Å²) in [5.74, 6) is -0.316. The van der Waals surface area contributed by atoms with Crippen LogP contribution in [0, 0.1) is 0 Å². The van der Waals surface area contributed by atoms with E-state index in [0.29, 0.717) is 12.3 Å². The largest absolute Gasteiger partial charge is 0.461 e. The van der Waals surface area contributed by atoms with Gasteiger partial charge in [0.15, 0.2) is 5.69 Å². The summed E-state index contributed by atoms with van der Waals surface area (Å²) in [6.07, 6.45) is 9.62. The summed E-state index contributed by atoms with van der Waals surface area (Å²) in [7, 11) is 0. The number of aryl methyl sites for hydroxylation is 1. The molecule has 1 aromatic carbocycles. The SMILES string of the molecule is O=C(OCCCn1cccn1)c1nn(-c2ccccc2)c2c1CCCCC2. The van der Waals surface area contributed by atoms with E-state index in [-0.39, 0.29) is 5.97 Å². The van der Waals surface area contributed by atoms with Gasteiger partial charge in [-0.25, -0.2) is 9.48 Å². The lowest BCUT2D eigenvalue weighted by Crippen LogP contribution is -2.11. The number of hydrogen-bond donors (Lipinski definition) is 0. The Kier molecular flexibility index (Phi) is 5.32. The van der Waals surface area contributed by atoms with E-state index in [1.165, 1.54) is 6.42 Å². The molecular formula is C21H24N4O2. The predicted octanol–water partition coefficient (Wildman–Crippen LogP) is 3.58. The van der Waals surface area contributed by atoms with Gasteiger partial charge in [-0.3, -0.25) is 4.68 Å². The van der Waals surface area contributed by atoms with Crippen molar-refractivity contribution >= 4 is 5.97 Å². The van der Waals surface area contributed by atoms with Crippen molar-refractivity contribution in [2.24, 2.45) is 0 Å². The highest BCUT2D eigenvalue weighted by Gasteiger charge is 2.25. The molecule has 1 aliphatic rings. The molecule has 6 nitrogen and oxygen atoms in total. The molecule has 0 N–H and O–H groups in total. The second kappa shape index (κ2) is 8.20. The number of hydrogen-bond acceptors (Lipinski definition) is 4. The van der Waals surface area contributed by atoms with Gasteiger partial charge in [-0.05, 0) is 43.9 Å². The molecule has 0 radical (unpaired) electrons. The van der Waals surface area contributed by atoms with Crippen LogP contribution >= 0.6 is 0 Å². The summed E-state index contributed by atoms with van der Waals surface area (Å²) in [5.41, 5.74) is 3.69. The smallest absolute Gasteiger partial charge is 0.359 e. The van der Waals surface area contributed by atoms with E-state index >= 15 is 0 Å². The topological polar surface area (TPSA) is 61.9 Å². The fraction of sp³-hybridized carbons (Fsp3) is 0.381. The molecule has 0 saturated heterocycles. The molecular weight excluding hydrogens is 340 g/mol. The van der Waals surface area contributed by atoms with Gasteiger partial charge >= 0.3 is 5.97 Å². The van der Waals surface area contributed by atoms with Crippen molar-refractivity contribution < 1.29 is 9.53 Å². The van der Waals surface area contributed by atoms with E-state index < -0.39 is 0 Å². The Morgan fingerprint density at radius 1 is 1.07 bits per heavy atom. The molecule has 4 rings (SSSR count). The van der Waals surface area contributed by atoms with Crippen molar-refractivity contribution in [3.05, 3.63) is 65.7 Å². The number of fused-ring (bicyclic) bond motifs is 1. The molecule has 3 aromatic rings. The number of carbonyl (C=O) groups is 1. The van der Waals surface area contributed by atoms with Crippen LogP contribution in [0.1, 0.15) is 47.4 Å². The molecule has 140 valence electrons. The van der Waals surface area contributed by atoms with Gasteiger partial charge in [-0.2, -0.15) is 10.2 Å². The number of esters is 1. The Balaban J connectivity index is 1.51. The van der Waals surface area contributed by atoms with Crippen molar-refractivity contribution in [3.63, 3.8) is 0 Å². The molecule has 2 aromatic heterocycles. The van der Waals surface area contributed by atoms with E-state index in [1.807, 2.05) is 52.0 Å².